The lowest BCUT2D eigenvalue weighted by Crippen LogP contribution is -2.46. The van der Waals surface area contributed by atoms with Crippen LogP contribution in [0.4, 0.5) is 10.1 Å². The number of aromatic nitrogens is 2. The van der Waals surface area contributed by atoms with Crippen LogP contribution in [0.3, 0.4) is 0 Å². The number of hydrogen-bond donors (Lipinski definition) is 1. The Bertz CT molecular complexity index is 1560. The number of nitrogens with one attached hydrogen (secondary N) is 1. The van der Waals surface area contributed by atoms with Crippen molar-refractivity contribution in [1.82, 2.24) is 14.9 Å². The van der Waals surface area contributed by atoms with Crippen LogP contribution in [0.1, 0.15) is 43.2 Å². The van der Waals surface area contributed by atoms with Crippen molar-refractivity contribution in [2.75, 3.05) is 5.32 Å². The summed E-state index contributed by atoms with van der Waals surface area (Å²) in [7, 11) is 0. The first-order valence-electron chi connectivity index (χ1n) is 11.9. The van der Waals surface area contributed by atoms with Gasteiger partial charge in [-0.3, -0.25) is 24.4 Å². The molecule has 0 fully saturated rings. The fourth-order valence-electron chi connectivity index (χ4n) is 4.45. The predicted octanol–water partition coefficient (Wildman–Crippen LogP) is 5.01. The van der Waals surface area contributed by atoms with Gasteiger partial charge in [-0.15, -0.1) is 0 Å². The number of fused-ring (bicyclic) bond motifs is 1. The summed E-state index contributed by atoms with van der Waals surface area (Å²) in [4.78, 5) is 49.7. The Morgan fingerprint density at radius 1 is 1.03 bits per heavy atom. The van der Waals surface area contributed by atoms with Crippen LogP contribution < -0.4 is 5.32 Å². The summed E-state index contributed by atoms with van der Waals surface area (Å²) >= 11 is 6.11. The molecule has 0 aliphatic carbocycles. The summed E-state index contributed by atoms with van der Waals surface area (Å²) in [6, 6.07) is 16.6. The first-order valence-corrected chi connectivity index (χ1v) is 12.3. The quantitative estimate of drug-likeness (QED) is 0.355. The van der Waals surface area contributed by atoms with Crippen molar-refractivity contribution in [3.05, 3.63) is 124 Å². The van der Waals surface area contributed by atoms with Crippen molar-refractivity contribution in [1.29, 1.82) is 0 Å². The number of halogens is 2. The molecule has 7 nitrogen and oxygen atoms in total. The average Bonchev–Trinajstić information content (AvgIpc) is 2.99. The monoisotopic (exact) mass is 528 g/mol. The van der Waals surface area contributed by atoms with Crippen LogP contribution in [0, 0.1) is 12.7 Å². The molecule has 5 rings (SSSR count). The molecule has 0 radical (unpaired) electrons. The first kappa shape index (κ1) is 25.2. The summed E-state index contributed by atoms with van der Waals surface area (Å²) in [5, 5.41) is 3.17. The second-order valence-corrected chi connectivity index (χ2v) is 9.40. The maximum atomic E-state index is 15.2. The highest BCUT2D eigenvalue weighted by Crippen LogP contribution is 2.29. The minimum atomic E-state index is -0.927. The minimum Gasteiger partial charge on any atom is -0.323 e. The van der Waals surface area contributed by atoms with Gasteiger partial charge >= 0.3 is 0 Å². The largest absolute Gasteiger partial charge is 0.323 e. The van der Waals surface area contributed by atoms with Crippen LogP contribution >= 0.6 is 11.6 Å². The number of hydrogen-bond acceptors (Lipinski definition) is 5. The number of nitrogens with zero attached hydrogens (tertiary/aromatic N) is 3. The summed E-state index contributed by atoms with van der Waals surface area (Å²) in [5.74, 6) is -2.10. The Morgan fingerprint density at radius 2 is 1.84 bits per heavy atom. The van der Waals surface area contributed by atoms with E-state index < -0.39 is 29.5 Å². The van der Waals surface area contributed by atoms with Gasteiger partial charge in [0.2, 0.25) is 11.7 Å². The van der Waals surface area contributed by atoms with Crippen molar-refractivity contribution < 1.29 is 18.8 Å². The molecule has 3 heterocycles. The summed E-state index contributed by atoms with van der Waals surface area (Å²) in [5.41, 5.74) is 2.29. The Balaban J connectivity index is 1.50. The first-order chi connectivity index (χ1) is 18.3. The van der Waals surface area contributed by atoms with E-state index in [1.54, 1.807) is 61.7 Å². The molecule has 38 heavy (non-hydrogen) atoms. The highest BCUT2D eigenvalue weighted by atomic mass is 35.5. The van der Waals surface area contributed by atoms with Gasteiger partial charge in [0.05, 0.1) is 16.8 Å². The molecule has 0 saturated heterocycles. The lowest BCUT2D eigenvalue weighted by atomic mass is 10.0. The van der Waals surface area contributed by atoms with Crippen molar-refractivity contribution in [3.8, 4) is 0 Å². The van der Waals surface area contributed by atoms with Gasteiger partial charge in [0.1, 0.15) is 17.6 Å². The zero-order valence-corrected chi connectivity index (χ0v) is 21.1. The number of ketones is 1. The summed E-state index contributed by atoms with van der Waals surface area (Å²) in [6.45, 7) is 1.66. The van der Waals surface area contributed by atoms with Gasteiger partial charge in [0.15, 0.2) is 0 Å². The van der Waals surface area contributed by atoms with Crippen molar-refractivity contribution in [2.24, 2.45) is 0 Å². The van der Waals surface area contributed by atoms with Gasteiger partial charge in [0.25, 0.3) is 5.91 Å². The Morgan fingerprint density at radius 3 is 2.58 bits per heavy atom. The molecule has 2 aromatic carbocycles. The molecule has 2 amide bonds. The SMILES string of the molecule is Cc1cccnc1C(=O)c1ccc(CN2C(=O)c3ccc(Cl)cc3NC(=O)C2Cc2ccccn2)cc1F. The third-order valence-electron chi connectivity index (χ3n) is 6.39. The Hall–Kier alpha value is -4.43. The van der Waals surface area contributed by atoms with Gasteiger partial charge in [0, 0.05) is 36.1 Å². The van der Waals surface area contributed by atoms with Gasteiger partial charge in [-0.05, 0) is 66.6 Å². The standard InChI is InChI=1S/C29H22ClFN4O3/c1-17-5-4-12-33-26(17)27(36)21-9-7-18(13-23(21)31)16-35-25(15-20-6-2-3-11-32-20)28(37)34-24-14-19(30)8-10-22(24)29(35)38/h2-14,25H,15-16H2,1H3,(H,34,37). The highest BCUT2D eigenvalue weighted by Gasteiger charge is 2.36. The van der Waals surface area contributed by atoms with E-state index in [-0.39, 0.29) is 29.8 Å². The van der Waals surface area contributed by atoms with Crippen LogP contribution in [0.15, 0.2) is 79.1 Å². The fraction of sp³-hybridized carbons (Fsp3) is 0.138. The molecule has 190 valence electrons. The third kappa shape index (κ3) is 5.03. The van der Waals surface area contributed by atoms with Crippen molar-refractivity contribution >= 4 is 34.9 Å². The maximum absolute atomic E-state index is 15.2. The molecular formula is C29H22ClFN4O3. The maximum Gasteiger partial charge on any atom is 0.256 e. The number of amides is 2. The number of aryl methyl sites for hydroxylation is 1. The molecule has 0 bridgehead atoms. The van der Waals surface area contributed by atoms with Gasteiger partial charge in [-0.25, -0.2) is 4.39 Å². The van der Waals surface area contributed by atoms with Crippen LogP contribution in [-0.2, 0) is 17.8 Å². The lowest BCUT2D eigenvalue weighted by Gasteiger charge is -2.29. The van der Waals surface area contributed by atoms with E-state index in [4.69, 9.17) is 11.6 Å². The number of benzene rings is 2. The smallest absolute Gasteiger partial charge is 0.256 e. The van der Waals surface area contributed by atoms with Crippen molar-refractivity contribution in [2.45, 2.75) is 25.9 Å². The number of pyridine rings is 2. The van der Waals surface area contributed by atoms with E-state index in [9.17, 15) is 14.4 Å². The molecule has 0 spiro atoms. The fourth-order valence-corrected chi connectivity index (χ4v) is 4.62. The van der Waals surface area contributed by atoms with E-state index in [0.717, 1.165) is 0 Å². The zero-order valence-electron chi connectivity index (χ0n) is 20.3. The van der Waals surface area contributed by atoms with Gasteiger partial charge in [-0.1, -0.05) is 29.8 Å². The highest BCUT2D eigenvalue weighted by molar-refractivity contribution is 6.31. The van der Waals surface area contributed by atoms with Gasteiger partial charge < -0.3 is 10.2 Å². The normalized spacial score (nSPS) is 15.0. The second-order valence-electron chi connectivity index (χ2n) is 8.97. The van der Waals surface area contributed by atoms with Crippen LogP contribution in [-0.4, -0.2) is 38.5 Å². The molecule has 1 aliphatic heterocycles. The molecule has 1 aliphatic rings. The van der Waals surface area contributed by atoms with E-state index in [2.05, 4.69) is 15.3 Å². The van der Waals surface area contributed by atoms with Crippen molar-refractivity contribution in [3.63, 3.8) is 0 Å². The van der Waals surface area contributed by atoms with E-state index in [1.165, 1.54) is 29.3 Å². The third-order valence-corrected chi connectivity index (χ3v) is 6.63. The Labute approximate surface area is 223 Å². The summed E-state index contributed by atoms with van der Waals surface area (Å²) in [6.07, 6.45) is 3.24. The molecule has 1 atom stereocenters. The number of carbonyl (C=O) groups excluding carboxylic acids is 3. The van der Waals surface area contributed by atoms with Crippen LogP contribution in [0.25, 0.3) is 0 Å². The van der Waals surface area contributed by atoms with E-state index in [0.29, 0.717) is 27.5 Å². The van der Waals surface area contributed by atoms with E-state index in [1.807, 2.05) is 0 Å². The average molecular weight is 529 g/mol. The Kier molecular flexibility index (Phi) is 6.98. The predicted molar refractivity (Wildman–Crippen MR) is 140 cm³/mol. The lowest BCUT2D eigenvalue weighted by molar-refractivity contribution is -0.120. The number of anilines is 1. The number of carbonyl (C=O) groups is 3. The molecule has 4 aromatic rings. The van der Waals surface area contributed by atoms with E-state index >= 15 is 4.39 Å². The van der Waals surface area contributed by atoms with Gasteiger partial charge in [-0.2, -0.15) is 0 Å². The molecular weight excluding hydrogens is 507 g/mol. The second kappa shape index (κ2) is 10.5. The van der Waals surface area contributed by atoms with Crippen LogP contribution in [0.2, 0.25) is 5.02 Å². The number of rotatable bonds is 6. The minimum absolute atomic E-state index is 0.0696. The molecule has 0 saturated carbocycles. The zero-order chi connectivity index (χ0) is 26.8. The van der Waals surface area contributed by atoms with Crippen LogP contribution in [0.5, 0.6) is 0 Å². The molecule has 1 N–H and O–H groups in total. The molecule has 1 unspecified atom stereocenters. The topological polar surface area (TPSA) is 92.3 Å². The molecule has 2 aromatic heterocycles. The molecule has 9 heteroatoms. The summed E-state index contributed by atoms with van der Waals surface area (Å²) < 4.78 is 15.2.